The Morgan fingerprint density at radius 1 is 1.13 bits per heavy atom. The first-order valence-electron chi connectivity index (χ1n) is 7.55. The molecule has 0 unspecified atom stereocenters. The molecule has 0 aliphatic rings. The minimum Gasteiger partial charge on any atom is -0.494 e. The topological polar surface area (TPSA) is 47.6 Å². The molecule has 0 aliphatic carbocycles. The van der Waals surface area contributed by atoms with Crippen LogP contribution in [-0.2, 0) is 4.79 Å². The summed E-state index contributed by atoms with van der Waals surface area (Å²) >= 11 is 1.66. The summed E-state index contributed by atoms with van der Waals surface area (Å²) in [6.45, 7) is 5.51. The number of thiophene rings is 1. The average molecular weight is 331 g/mol. The van der Waals surface area contributed by atoms with Crippen LogP contribution in [0.4, 0.5) is 0 Å². The molecule has 0 atom stereocenters. The van der Waals surface area contributed by atoms with Gasteiger partial charge in [0.2, 0.25) is 5.91 Å². The molecular weight excluding hydrogens is 310 g/mol. The maximum absolute atomic E-state index is 11.7. The van der Waals surface area contributed by atoms with Gasteiger partial charge in [-0.3, -0.25) is 4.79 Å². The minimum absolute atomic E-state index is 0.119. The number of amides is 1. The Balaban J connectivity index is 1.66. The zero-order chi connectivity index (χ0) is 16.5. The molecule has 2 aromatic rings. The highest BCUT2D eigenvalue weighted by atomic mass is 32.1. The first-order valence-corrected chi connectivity index (χ1v) is 8.37. The molecule has 23 heavy (non-hydrogen) atoms. The third-order valence-electron chi connectivity index (χ3n) is 2.96. The fourth-order valence-corrected chi connectivity index (χ4v) is 2.68. The number of hydrogen-bond donors (Lipinski definition) is 1. The SMILES string of the molecule is CCOc1ccc(OCCNC(=O)/C=C/c2ccc(C)s2)cc1. The quantitative estimate of drug-likeness (QED) is 0.593. The Kier molecular flexibility index (Phi) is 6.69. The Labute approximate surface area is 140 Å². The molecule has 5 heteroatoms. The van der Waals surface area contributed by atoms with Crippen LogP contribution in [-0.4, -0.2) is 25.7 Å². The maximum Gasteiger partial charge on any atom is 0.244 e. The summed E-state index contributed by atoms with van der Waals surface area (Å²) in [5.41, 5.74) is 0. The Morgan fingerprint density at radius 2 is 1.83 bits per heavy atom. The first kappa shape index (κ1) is 17.1. The number of benzene rings is 1. The molecule has 1 aromatic carbocycles. The Hall–Kier alpha value is -2.27. The minimum atomic E-state index is -0.119. The molecule has 1 amide bonds. The monoisotopic (exact) mass is 331 g/mol. The van der Waals surface area contributed by atoms with E-state index in [1.165, 1.54) is 4.88 Å². The third-order valence-corrected chi connectivity index (χ3v) is 3.93. The van der Waals surface area contributed by atoms with E-state index in [2.05, 4.69) is 5.32 Å². The smallest absolute Gasteiger partial charge is 0.244 e. The molecular formula is C18H21NO3S. The van der Waals surface area contributed by atoms with Gasteiger partial charge in [0, 0.05) is 15.8 Å². The Bertz CT molecular complexity index is 647. The average Bonchev–Trinajstić information content (AvgIpc) is 2.97. The highest BCUT2D eigenvalue weighted by Gasteiger charge is 1.98. The highest BCUT2D eigenvalue weighted by molar-refractivity contribution is 7.12. The van der Waals surface area contributed by atoms with Crippen LogP contribution in [0.25, 0.3) is 6.08 Å². The summed E-state index contributed by atoms with van der Waals surface area (Å²) < 4.78 is 10.9. The van der Waals surface area contributed by atoms with Gasteiger partial charge in [0.15, 0.2) is 0 Å². The van der Waals surface area contributed by atoms with Crippen LogP contribution in [0.3, 0.4) is 0 Å². The molecule has 0 aliphatic heterocycles. The van der Waals surface area contributed by atoms with Crippen molar-refractivity contribution in [3.8, 4) is 11.5 Å². The third kappa shape index (κ3) is 6.16. The molecule has 0 saturated carbocycles. The summed E-state index contributed by atoms with van der Waals surface area (Å²) in [5, 5.41) is 2.79. The van der Waals surface area contributed by atoms with Crippen molar-refractivity contribution in [1.82, 2.24) is 5.32 Å². The lowest BCUT2D eigenvalue weighted by Crippen LogP contribution is -2.26. The van der Waals surface area contributed by atoms with Crippen molar-refractivity contribution in [2.24, 2.45) is 0 Å². The number of nitrogens with one attached hydrogen (secondary N) is 1. The molecule has 0 spiro atoms. The van der Waals surface area contributed by atoms with Gasteiger partial charge in [-0.1, -0.05) is 0 Å². The molecule has 0 saturated heterocycles. The van der Waals surface area contributed by atoms with Crippen LogP contribution in [0.15, 0.2) is 42.5 Å². The van der Waals surface area contributed by atoms with Gasteiger partial charge < -0.3 is 14.8 Å². The van der Waals surface area contributed by atoms with Crippen molar-refractivity contribution >= 4 is 23.3 Å². The van der Waals surface area contributed by atoms with Gasteiger partial charge in [-0.15, -0.1) is 11.3 Å². The van der Waals surface area contributed by atoms with E-state index in [1.54, 1.807) is 17.4 Å². The number of rotatable bonds is 8. The molecule has 1 N–H and O–H groups in total. The largest absolute Gasteiger partial charge is 0.494 e. The van der Waals surface area contributed by atoms with E-state index in [-0.39, 0.29) is 5.91 Å². The highest BCUT2D eigenvalue weighted by Crippen LogP contribution is 2.17. The molecule has 2 rings (SSSR count). The van der Waals surface area contributed by atoms with Crippen molar-refractivity contribution in [3.05, 3.63) is 52.2 Å². The van der Waals surface area contributed by atoms with Crippen LogP contribution < -0.4 is 14.8 Å². The van der Waals surface area contributed by atoms with Crippen LogP contribution in [0.2, 0.25) is 0 Å². The number of carbonyl (C=O) groups is 1. The number of carbonyl (C=O) groups excluding carboxylic acids is 1. The van der Waals surface area contributed by atoms with Gasteiger partial charge in [-0.05, 0) is 56.3 Å². The van der Waals surface area contributed by atoms with E-state index < -0.39 is 0 Å². The van der Waals surface area contributed by atoms with Crippen LogP contribution in [0.5, 0.6) is 11.5 Å². The molecule has 4 nitrogen and oxygen atoms in total. The predicted molar refractivity (Wildman–Crippen MR) is 94.2 cm³/mol. The Morgan fingerprint density at radius 3 is 2.43 bits per heavy atom. The van der Waals surface area contributed by atoms with Gasteiger partial charge in [0.1, 0.15) is 18.1 Å². The van der Waals surface area contributed by atoms with Crippen molar-refractivity contribution in [1.29, 1.82) is 0 Å². The van der Waals surface area contributed by atoms with Crippen molar-refractivity contribution < 1.29 is 14.3 Å². The van der Waals surface area contributed by atoms with Crippen LogP contribution in [0, 0.1) is 6.92 Å². The van der Waals surface area contributed by atoms with E-state index >= 15 is 0 Å². The predicted octanol–water partition coefficient (Wildman–Crippen LogP) is 3.66. The second kappa shape index (κ2) is 9.00. The number of hydrogen-bond acceptors (Lipinski definition) is 4. The standard InChI is InChI=1S/C18H21NO3S/c1-3-21-15-5-7-16(8-6-15)22-13-12-19-18(20)11-10-17-9-4-14(2)23-17/h4-11H,3,12-13H2,1-2H3,(H,19,20)/b11-10+. The normalized spacial score (nSPS) is 10.7. The summed E-state index contributed by atoms with van der Waals surface area (Å²) in [4.78, 5) is 14.0. The summed E-state index contributed by atoms with van der Waals surface area (Å²) in [7, 11) is 0. The van der Waals surface area contributed by atoms with Gasteiger partial charge in [0.25, 0.3) is 0 Å². The zero-order valence-electron chi connectivity index (χ0n) is 13.4. The van der Waals surface area contributed by atoms with Crippen molar-refractivity contribution in [2.45, 2.75) is 13.8 Å². The molecule has 0 radical (unpaired) electrons. The lowest BCUT2D eigenvalue weighted by molar-refractivity contribution is -0.116. The molecule has 0 bridgehead atoms. The van der Waals surface area contributed by atoms with E-state index in [1.807, 2.05) is 56.3 Å². The zero-order valence-corrected chi connectivity index (χ0v) is 14.2. The van der Waals surface area contributed by atoms with Gasteiger partial charge >= 0.3 is 0 Å². The molecule has 1 aromatic heterocycles. The van der Waals surface area contributed by atoms with Crippen LogP contribution >= 0.6 is 11.3 Å². The van der Waals surface area contributed by atoms with E-state index in [0.717, 1.165) is 16.4 Å². The second-order valence-electron chi connectivity index (χ2n) is 4.83. The summed E-state index contributed by atoms with van der Waals surface area (Å²) in [6, 6.07) is 11.5. The lowest BCUT2D eigenvalue weighted by atomic mass is 10.3. The fraction of sp³-hybridized carbons (Fsp3) is 0.278. The van der Waals surface area contributed by atoms with E-state index in [4.69, 9.17) is 9.47 Å². The lowest BCUT2D eigenvalue weighted by Gasteiger charge is -2.08. The molecule has 122 valence electrons. The van der Waals surface area contributed by atoms with E-state index in [9.17, 15) is 4.79 Å². The number of ether oxygens (including phenoxy) is 2. The van der Waals surface area contributed by atoms with Gasteiger partial charge in [-0.25, -0.2) is 0 Å². The molecule has 1 heterocycles. The first-order chi connectivity index (χ1) is 11.2. The maximum atomic E-state index is 11.7. The van der Waals surface area contributed by atoms with Gasteiger partial charge in [-0.2, -0.15) is 0 Å². The molecule has 0 fully saturated rings. The van der Waals surface area contributed by atoms with Crippen molar-refractivity contribution in [2.75, 3.05) is 19.8 Å². The van der Waals surface area contributed by atoms with Crippen molar-refractivity contribution in [3.63, 3.8) is 0 Å². The fourth-order valence-electron chi connectivity index (χ4n) is 1.90. The summed E-state index contributed by atoms with van der Waals surface area (Å²) in [5.74, 6) is 1.46. The van der Waals surface area contributed by atoms with E-state index in [0.29, 0.717) is 19.8 Å². The van der Waals surface area contributed by atoms with Gasteiger partial charge in [0.05, 0.1) is 13.2 Å². The van der Waals surface area contributed by atoms with Crippen LogP contribution in [0.1, 0.15) is 16.7 Å². The summed E-state index contributed by atoms with van der Waals surface area (Å²) in [6.07, 6.45) is 3.36. The number of aryl methyl sites for hydroxylation is 1. The second-order valence-corrected chi connectivity index (χ2v) is 6.15.